The van der Waals surface area contributed by atoms with E-state index in [1.807, 2.05) is 30.5 Å². The van der Waals surface area contributed by atoms with Gasteiger partial charge in [0.1, 0.15) is 4.90 Å². The van der Waals surface area contributed by atoms with E-state index in [1.165, 1.54) is 7.05 Å². The van der Waals surface area contributed by atoms with Crippen molar-refractivity contribution in [3.63, 3.8) is 0 Å². The van der Waals surface area contributed by atoms with Gasteiger partial charge in [-0.1, -0.05) is 18.2 Å². The zero-order chi connectivity index (χ0) is 19.6. The van der Waals surface area contributed by atoms with E-state index in [9.17, 15) is 13.2 Å². The molecule has 0 aliphatic carbocycles. The van der Waals surface area contributed by atoms with Gasteiger partial charge in [0.15, 0.2) is 0 Å². The maximum Gasteiger partial charge on any atom is 0.246 e. The van der Waals surface area contributed by atoms with Gasteiger partial charge in [-0.3, -0.25) is 9.89 Å². The fraction of sp³-hybridized carbons (Fsp3) is 0.333. The Labute approximate surface area is 158 Å². The quantitative estimate of drug-likeness (QED) is 0.568. The van der Waals surface area contributed by atoms with E-state index in [0.29, 0.717) is 24.4 Å². The molecule has 1 amide bonds. The molecule has 2 heterocycles. The molecule has 3 rings (SSSR count). The second-order valence-electron chi connectivity index (χ2n) is 6.48. The summed E-state index contributed by atoms with van der Waals surface area (Å²) in [6.07, 6.45) is 2.59. The van der Waals surface area contributed by atoms with Gasteiger partial charge in [-0.2, -0.15) is 9.40 Å². The predicted octanol–water partition coefficient (Wildman–Crippen LogP) is 1.49. The molecular formula is C18H23N5O3S. The number of carbonyl (C=O) groups is 1. The second kappa shape index (κ2) is 7.53. The van der Waals surface area contributed by atoms with Crippen molar-refractivity contribution in [3.05, 3.63) is 47.4 Å². The average molecular weight is 389 g/mol. The number of rotatable bonds is 7. The summed E-state index contributed by atoms with van der Waals surface area (Å²) in [6.45, 7) is 3.44. The molecule has 0 atom stereocenters. The van der Waals surface area contributed by atoms with Crippen molar-refractivity contribution < 1.29 is 13.2 Å². The molecule has 144 valence electrons. The average Bonchev–Trinajstić information content (AvgIpc) is 3.18. The van der Waals surface area contributed by atoms with E-state index >= 15 is 0 Å². The van der Waals surface area contributed by atoms with E-state index in [0.717, 1.165) is 20.8 Å². The van der Waals surface area contributed by atoms with Gasteiger partial charge < -0.3 is 10.3 Å². The van der Waals surface area contributed by atoms with Crippen LogP contribution >= 0.6 is 0 Å². The molecule has 8 nitrogen and oxygen atoms in total. The van der Waals surface area contributed by atoms with Crippen molar-refractivity contribution in [1.29, 1.82) is 0 Å². The van der Waals surface area contributed by atoms with Crippen LogP contribution in [0.3, 0.4) is 0 Å². The third-order valence-corrected chi connectivity index (χ3v) is 6.55. The SMILES string of the molecule is Cc1n[nH]c(C)c1S(=O)(=O)N(C)CC(=O)NCCc1c[nH]c2ccccc12. The van der Waals surface area contributed by atoms with Crippen molar-refractivity contribution in [3.8, 4) is 0 Å². The number of nitrogens with zero attached hydrogens (tertiary/aromatic N) is 2. The van der Waals surface area contributed by atoms with Crippen molar-refractivity contribution in [2.75, 3.05) is 20.1 Å². The number of carbonyl (C=O) groups excluding carboxylic acids is 1. The van der Waals surface area contributed by atoms with Crippen LogP contribution in [0.15, 0.2) is 35.4 Å². The van der Waals surface area contributed by atoms with Gasteiger partial charge in [-0.15, -0.1) is 0 Å². The number of hydrogen-bond donors (Lipinski definition) is 3. The van der Waals surface area contributed by atoms with Crippen molar-refractivity contribution in [2.45, 2.75) is 25.2 Å². The van der Waals surface area contributed by atoms with Gasteiger partial charge in [0.05, 0.1) is 17.9 Å². The van der Waals surface area contributed by atoms with Gasteiger partial charge in [0.2, 0.25) is 15.9 Å². The number of amides is 1. The summed E-state index contributed by atoms with van der Waals surface area (Å²) in [5.41, 5.74) is 3.00. The van der Waals surface area contributed by atoms with E-state index in [2.05, 4.69) is 20.5 Å². The van der Waals surface area contributed by atoms with Gasteiger partial charge in [0.25, 0.3) is 0 Å². The molecule has 9 heteroatoms. The fourth-order valence-electron chi connectivity index (χ4n) is 3.09. The normalized spacial score (nSPS) is 12.0. The summed E-state index contributed by atoms with van der Waals surface area (Å²) in [5.74, 6) is -0.347. The molecule has 3 aromatic rings. The van der Waals surface area contributed by atoms with Crippen molar-refractivity contribution >= 4 is 26.8 Å². The molecule has 1 aromatic carbocycles. The van der Waals surface area contributed by atoms with Crippen LogP contribution in [-0.2, 0) is 21.2 Å². The maximum absolute atomic E-state index is 12.7. The van der Waals surface area contributed by atoms with E-state index < -0.39 is 10.0 Å². The molecule has 0 unspecified atom stereocenters. The highest BCUT2D eigenvalue weighted by Gasteiger charge is 2.28. The molecule has 2 aromatic heterocycles. The second-order valence-corrected chi connectivity index (χ2v) is 8.47. The Morgan fingerprint density at radius 1 is 1.26 bits per heavy atom. The zero-order valence-corrected chi connectivity index (χ0v) is 16.4. The number of nitrogens with one attached hydrogen (secondary N) is 3. The van der Waals surface area contributed by atoms with Gasteiger partial charge in [-0.25, -0.2) is 8.42 Å². The summed E-state index contributed by atoms with van der Waals surface area (Å²) < 4.78 is 26.4. The number of fused-ring (bicyclic) bond motifs is 1. The molecule has 0 bridgehead atoms. The standard InChI is InChI=1S/C18H23N5O3S/c1-12-18(13(2)22-21-12)27(25,26)23(3)11-17(24)19-9-8-14-10-20-16-7-5-4-6-15(14)16/h4-7,10,20H,8-9,11H2,1-3H3,(H,19,24)(H,21,22). The Morgan fingerprint density at radius 3 is 2.70 bits per heavy atom. The molecule has 0 fully saturated rings. The predicted molar refractivity (Wildman–Crippen MR) is 103 cm³/mol. The molecule has 0 spiro atoms. The van der Waals surface area contributed by atoms with Crippen LogP contribution in [0, 0.1) is 13.8 Å². The number of aromatic amines is 2. The van der Waals surface area contributed by atoms with Crippen LogP contribution in [-0.4, -0.2) is 53.9 Å². The Morgan fingerprint density at radius 2 is 2.00 bits per heavy atom. The first-order valence-electron chi connectivity index (χ1n) is 8.60. The molecule has 0 saturated heterocycles. The summed E-state index contributed by atoms with van der Waals surface area (Å²) >= 11 is 0. The minimum atomic E-state index is -3.78. The fourth-order valence-corrected chi connectivity index (χ4v) is 4.55. The first-order chi connectivity index (χ1) is 12.8. The van der Waals surface area contributed by atoms with Gasteiger partial charge in [-0.05, 0) is 31.9 Å². The molecule has 27 heavy (non-hydrogen) atoms. The highest BCUT2D eigenvalue weighted by atomic mass is 32.2. The highest BCUT2D eigenvalue weighted by molar-refractivity contribution is 7.89. The van der Waals surface area contributed by atoms with E-state index in [1.54, 1.807) is 13.8 Å². The van der Waals surface area contributed by atoms with E-state index in [4.69, 9.17) is 0 Å². The van der Waals surface area contributed by atoms with Gasteiger partial charge in [0, 0.05) is 30.7 Å². The van der Waals surface area contributed by atoms with Gasteiger partial charge >= 0.3 is 0 Å². The Kier molecular flexibility index (Phi) is 5.33. The number of H-pyrrole nitrogens is 2. The molecule has 0 radical (unpaired) electrons. The lowest BCUT2D eigenvalue weighted by atomic mass is 10.1. The summed E-state index contributed by atoms with van der Waals surface area (Å²) in [4.78, 5) is 15.5. The minimum Gasteiger partial charge on any atom is -0.361 e. The minimum absolute atomic E-state index is 0.122. The number of likely N-dealkylation sites (N-methyl/N-ethyl adjacent to an activating group) is 1. The smallest absolute Gasteiger partial charge is 0.246 e. The molecule has 0 aliphatic rings. The van der Waals surface area contributed by atoms with Crippen LogP contribution in [0.1, 0.15) is 17.0 Å². The summed E-state index contributed by atoms with van der Waals surface area (Å²) in [6, 6.07) is 7.96. The first kappa shape index (κ1) is 19.1. The third kappa shape index (κ3) is 3.88. The van der Waals surface area contributed by atoms with Crippen molar-refractivity contribution in [2.24, 2.45) is 0 Å². The number of hydrogen-bond acceptors (Lipinski definition) is 4. The monoisotopic (exact) mass is 389 g/mol. The largest absolute Gasteiger partial charge is 0.361 e. The van der Waals surface area contributed by atoms with Crippen LogP contribution < -0.4 is 5.32 Å². The number of aryl methyl sites for hydroxylation is 2. The third-order valence-electron chi connectivity index (χ3n) is 4.49. The van der Waals surface area contributed by atoms with Crippen LogP contribution in [0.4, 0.5) is 0 Å². The van der Waals surface area contributed by atoms with Crippen LogP contribution in [0.25, 0.3) is 10.9 Å². The number of para-hydroxylation sites is 1. The lowest BCUT2D eigenvalue weighted by molar-refractivity contribution is -0.121. The summed E-state index contributed by atoms with van der Waals surface area (Å²) in [7, 11) is -2.39. The maximum atomic E-state index is 12.7. The summed E-state index contributed by atoms with van der Waals surface area (Å²) in [5, 5.41) is 10.5. The van der Waals surface area contributed by atoms with Crippen LogP contribution in [0.2, 0.25) is 0 Å². The Bertz CT molecular complexity index is 1050. The number of benzene rings is 1. The highest BCUT2D eigenvalue weighted by Crippen LogP contribution is 2.20. The van der Waals surface area contributed by atoms with Crippen molar-refractivity contribution in [1.82, 2.24) is 24.8 Å². The molecular weight excluding hydrogens is 366 g/mol. The lowest BCUT2D eigenvalue weighted by Crippen LogP contribution is -2.39. The van der Waals surface area contributed by atoms with E-state index in [-0.39, 0.29) is 17.3 Å². The Balaban J connectivity index is 1.57. The number of sulfonamides is 1. The lowest BCUT2D eigenvalue weighted by Gasteiger charge is -2.17. The molecule has 0 saturated carbocycles. The Hall–Kier alpha value is -2.65. The molecule has 0 aliphatic heterocycles. The van der Waals surface area contributed by atoms with Crippen LogP contribution in [0.5, 0.6) is 0 Å². The zero-order valence-electron chi connectivity index (χ0n) is 15.5. The number of aromatic nitrogens is 3. The topological polar surface area (TPSA) is 111 Å². The first-order valence-corrected chi connectivity index (χ1v) is 10.0. The molecule has 3 N–H and O–H groups in total.